The van der Waals surface area contributed by atoms with E-state index in [1.807, 2.05) is 0 Å². The van der Waals surface area contributed by atoms with E-state index in [-0.39, 0.29) is 18.1 Å². The largest absolute Gasteiger partial charge is 0.365 e. The third-order valence-corrected chi connectivity index (χ3v) is 3.15. The number of halogens is 1. The van der Waals surface area contributed by atoms with Gasteiger partial charge in [0, 0.05) is 25.4 Å². The van der Waals surface area contributed by atoms with Gasteiger partial charge in [-0.2, -0.15) is 0 Å². The second-order valence-electron chi connectivity index (χ2n) is 3.08. The Labute approximate surface area is 108 Å². The van der Waals surface area contributed by atoms with E-state index < -0.39 is 4.92 Å². The fraction of sp³-hybridized carbons (Fsp3) is 0.100. The van der Waals surface area contributed by atoms with E-state index in [1.54, 1.807) is 25.4 Å². The highest BCUT2D eigenvalue weighted by atomic mass is 35.5. The molecule has 1 aromatic carbocycles. The molecule has 0 amide bonds. The summed E-state index contributed by atoms with van der Waals surface area (Å²) >= 11 is 1.51. The molecule has 0 unspecified atom stereocenters. The van der Waals surface area contributed by atoms with E-state index in [2.05, 4.69) is 10.3 Å². The summed E-state index contributed by atoms with van der Waals surface area (Å²) in [6.45, 7) is 0. The normalized spacial score (nSPS) is 9.47. The molecule has 5 nitrogen and oxygen atoms in total. The lowest BCUT2D eigenvalue weighted by atomic mass is 10.2. The molecule has 1 heterocycles. The van der Waals surface area contributed by atoms with Crippen LogP contribution in [0.2, 0.25) is 0 Å². The van der Waals surface area contributed by atoms with Gasteiger partial charge < -0.3 is 5.32 Å². The van der Waals surface area contributed by atoms with Crippen molar-refractivity contribution >= 4 is 34.6 Å². The second kappa shape index (κ2) is 5.60. The highest BCUT2D eigenvalue weighted by Crippen LogP contribution is 2.29. The molecule has 90 valence electrons. The summed E-state index contributed by atoms with van der Waals surface area (Å²) in [5.41, 5.74) is 1.03. The van der Waals surface area contributed by atoms with Crippen LogP contribution < -0.4 is 5.32 Å². The predicted molar refractivity (Wildman–Crippen MR) is 71.0 cm³/mol. The van der Waals surface area contributed by atoms with E-state index in [4.69, 9.17) is 0 Å². The number of benzene rings is 1. The molecule has 17 heavy (non-hydrogen) atoms. The summed E-state index contributed by atoms with van der Waals surface area (Å²) in [5, 5.41) is 14.3. The van der Waals surface area contributed by atoms with Crippen molar-refractivity contribution in [2.24, 2.45) is 0 Å². The Bertz CT molecular complexity index is 513. The maximum atomic E-state index is 10.5. The van der Waals surface area contributed by atoms with E-state index in [0.717, 1.165) is 15.6 Å². The van der Waals surface area contributed by atoms with Gasteiger partial charge in [-0.15, -0.1) is 12.4 Å². The van der Waals surface area contributed by atoms with E-state index >= 15 is 0 Å². The Morgan fingerprint density at radius 3 is 2.47 bits per heavy atom. The van der Waals surface area contributed by atoms with Gasteiger partial charge in [0.2, 0.25) is 0 Å². The van der Waals surface area contributed by atoms with E-state index in [0.29, 0.717) is 0 Å². The number of hydrogen-bond acceptors (Lipinski definition) is 5. The van der Waals surface area contributed by atoms with Crippen LogP contribution in [-0.4, -0.2) is 17.0 Å². The molecule has 0 radical (unpaired) electrons. The molecule has 0 bridgehead atoms. The molecule has 0 spiro atoms. The molecule has 0 fully saturated rings. The summed E-state index contributed by atoms with van der Waals surface area (Å²) in [5.74, 6) is 0. The minimum atomic E-state index is -0.407. The molecular weight excluding hydrogens is 262 g/mol. The quantitative estimate of drug-likeness (QED) is 0.688. The van der Waals surface area contributed by atoms with Crippen LogP contribution in [0.4, 0.5) is 10.8 Å². The summed E-state index contributed by atoms with van der Waals surface area (Å²) in [6.07, 6.45) is 1.75. The van der Waals surface area contributed by atoms with Crippen molar-refractivity contribution in [3.8, 4) is 10.4 Å². The molecule has 0 atom stereocenters. The molecule has 0 aliphatic rings. The molecule has 0 aliphatic carbocycles. The zero-order valence-corrected chi connectivity index (χ0v) is 10.5. The molecular formula is C10H10ClN3O2S. The number of nitro groups is 1. The van der Waals surface area contributed by atoms with Crippen molar-refractivity contribution in [1.82, 2.24) is 4.98 Å². The smallest absolute Gasteiger partial charge is 0.269 e. The van der Waals surface area contributed by atoms with Gasteiger partial charge in [-0.3, -0.25) is 10.1 Å². The van der Waals surface area contributed by atoms with Crippen LogP contribution in [0.5, 0.6) is 0 Å². The molecule has 0 aliphatic heterocycles. The summed E-state index contributed by atoms with van der Waals surface area (Å²) in [6, 6.07) is 6.44. The highest BCUT2D eigenvalue weighted by molar-refractivity contribution is 7.18. The Morgan fingerprint density at radius 1 is 1.35 bits per heavy atom. The molecule has 2 rings (SSSR count). The number of aromatic nitrogens is 1. The number of nitro benzene ring substituents is 1. The van der Waals surface area contributed by atoms with Gasteiger partial charge in [-0.1, -0.05) is 11.3 Å². The maximum absolute atomic E-state index is 10.5. The monoisotopic (exact) mass is 271 g/mol. The van der Waals surface area contributed by atoms with Crippen molar-refractivity contribution in [2.45, 2.75) is 0 Å². The third-order valence-electron chi connectivity index (χ3n) is 2.08. The lowest BCUT2D eigenvalue weighted by molar-refractivity contribution is -0.384. The minimum absolute atomic E-state index is 0. The van der Waals surface area contributed by atoms with Crippen molar-refractivity contribution in [3.05, 3.63) is 40.6 Å². The van der Waals surface area contributed by atoms with Crippen molar-refractivity contribution in [2.75, 3.05) is 12.4 Å². The van der Waals surface area contributed by atoms with Crippen LogP contribution >= 0.6 is 23.7 Å². The lowest BCUT2D eigenvalue weighted by Gasteiger charge is -1.95. The van der Waals surface area contributed by atoms with Crippen LogP contribution in [0.3, 0.4) is 0 Å². The lowest BCUT2D eigenvalue weighted by Crippen LogP contribution is -1.86. The van der Waals surface area contributed by atoms with Gasteiger partial charge >= 0.3 is 0 Å². The molecule has 1 aromatic heterocycles. The summed E-state index contributed by atoms with van der Waals surface area (Å²) in [7, 11) is 1.80. The fourth-order valence-electron chi connectivity index (χ4n) is 1.27. The first-order chi connectivity index (χ1) is 7.70. The maximum Gasteiger partial charge on any atom is 0.269 e. The molecule has 0 saturated heterocycles. The van der Waals surface area contributed by atoms with Crippen molar-refractivity contribution < 1.29 is 4.92 Å². The fourth-order valence-corrected chi connectivity index (χ4v) is 2.05. The van der Waals surface area contributed by atoms with Gasteiger partial charge in [0.15, 0.2) is 5.13 Å². The Balaban J connectivity index is 0.00000144. The zero-order valence-electron chi connectivity index (χ0n) is 8.91. The first kappa shape index (κ1) is 13.4. The Hall–Kier alpha value is -1.66. The SMILES string of the molecule is CNc1ncc(-c2ccc([N+](=O)[O-])cc2)s1.Cl. The average Bonchev–Trinajstić information content (AvgIpc) is 2.77. The molecule has 7 heteroatoms. The van der Waals surface area contributed by atoms with Crippen molar-refractivity contribution in [3.63, 3.8) is 0 Å². The Kier molecular flexibility index (Phi) is 4.42. The molecule has 1 N–H and O–H groups in total. The average molecular weight is 272 g/mol. The van der Waals surface area contributed by atoms with Gasteiger partial charge in [0.25, 0.3) is 5.69 Å². The minimum Gasteiger partial charge on any atom is -0.365 e. The van der Waals surface area contributed by atoms with E-state index in [9.17, 15) is 10.1 Å². The second-order valence-corrected chi connectivity index (χ2v) is 4.11. The molecule has 0 saturated carbocycles. The summed E-state index contributed by atoms with van der Waals surface area (Å²) < 4.78 is 0. The van der Waals surface area contributed by atoms with E-state index in [1.165, 1.54) is 23.5 Å². The predicted octanol–water partition coefficient (Wildman–Crippen LogP) is 3.18. The van der Waals surface area contributed by atoms with Gasteiger partial charge in [0.1, 0.15) is 0 Å². The van der Waals surface area contributed by atoms with Gasteiger partial charge in [0.05, 0.1) is 9.80 Å². The highest BCUT2D eigenvalue weighted by Gasteiger charge is 2.07. The number of rotatable bonds is 3. The van der Waals surface area contributed by atoms with Crippen LogP contribution in [0.25, 0.3) is 10.4 Å². The first-order valence-electron chi connectivity index (χ1n) is 4.59. The summed E-state index contributed by atoms with van der Waals surface area (Å²) in [4.78, 5) is 15.2. The van der Waals surface area contributed by atoms with Gasteiger partial charge in [-0.05, 0) is 17.7 Å². The topological polar surface area (TPSA) is 68.1 Å². The van der Waals surface area contributed by atoms with Crippen LogP contribution in [0.15, 0.2) is 30.5 Å². The zero-order chi connectivity index (χ0) is 11.5. The van der Waals surface area contributed by atoms with Crippen molar-refractivity contribution in [1.29, 1.82) is 0 Å². The Morgan fingerprint density at radius 2 is 2.00 bits per heavy atom. The number of non-ortho nitro benzene ring substituents is 1. The number of nitrogens with one attached hydrogen (secondary N) is 1. The van der Waals surface area contributed by atoms with Crippen LogP contribution in [-0.2, 0) is 0 Å². The number of anilines is 1. The number of thiazole rings is 1. The number of nitrogens with zero attached hydrogens (tertiary/aromatic N) is 2. The first-order valence-corrected chi connectivity index (χ1v) is 5.41. The van der Waals surface area contributed by atoms with Crippen LogP contribution in [0, 0.1) is 10.1 Å². The third kappa shape index (κ3) is 2.92. The van der Waals surface area contributed by atoms with Crippen LogP contribution in [0.1, 0.15) is 0 Å². The number of hydrogen-bond donors (Lipinski definition) is 1. The standard InChI is InChI=1S/C10H9N3O2S.ClH/c1-11-10-12-6-9(16-10)7-2-4-8(5-3-7)13(14)15;/h2-6H,1H3,(H,11,12);1H. The molecule has 2 aromatic rings. The van der Waals surface area contributed by atoms with Gasteiger partial charge in [-0.25, -0.2) is 4.98 Å².